The first-order valence-corrected chi connectivity index (χ1v) is 20.1. The van der Waals surface area contributed by atoms with E-state index in [-0.39, 0.29) is 41.5 Å². The Morgan fingerprint density at radius 3 is 2.08 bits per heavy atom. The Hall–Kier alpha value is -6.12. The van der Waals surface area contributed by atoms with E-state index in [1.165, 1.54) is 9.36 Å². The first-order chi connectivity index (χ1) is 27.7. The molecule has 3 aromatic carbocycles. The molecule has 15 nitrogen and oxygen atoms in total. The van der Waals surface area contributed by atoms with Crippen molar-refractivity contribution >= 4 is 51.6 Å². The van der Waals surface area contributed by atoms with Crippen molar-refractivity contribution in [1.29, 1.82) is 0 Å². The maximum atomic E-state index is 13.9. The van der Waals surface area contributed by atoms with Gasteiger partial charge in [-0.25, -0.2) is 19.1 Å². The fraction of sp³-hybridized carbons (Fsp3) is 0.455. The zero-order chi connectivity index (χ0) is 42.8. The zero-order valence-corrected chi connectivity index (χ0v) is 35.0. The first kappa shape index (κ1) is 42.5. The lowest BCUT2D eigenvalue weighted by Crippen LogP contribution is -2.48. The molecule has 1 atom stereocenters. The molecular weight excluding hydrogens is 755 g/mol. The molecule has 0 spiro atoms. The number of alkyl carbamates (subject to hydrolysis) is 1. The minimum Gasteiger partial charge on any atom is -0.444 e. The summed E-state index contributed by atoms with van der Waals surface area (Å²) in [6.07, 6.45) is 1.77. The smallest absolute Gasteiger partial charge is 0.434 e. The van der Waals surface area contributed by atoms with Crippen LogP contribution in [-0.4, -0.2) is 67.1 Å². The number of rotatable bonds is 10. The average molecular weight is 810 g/mol. The zero-order valence-electron chi connectivity index (χ0n) is 35.0. The summed E-state index contributed by atoms with van der Waals surface area (Å²) in [4.78, 5) is 83.9. The van der Waals surface area contributed by atoms with Crippen LogP contribution in [0.2, 0.25) is 0 Å². The van der Waals surface area contributed by atoms with Gasteiger partial charge in [-0.2, -0.15) is 4.68 Å². The number of nitrogens with zero attached hydrogens (tertiary/aromatic N) is 2. The van der Waals surface area contributed by atoms with E-state index in [4.69, 9.17) is 9.47 Å². The number of aromatic amines is 2. The van der Waals surface area contributed by atoms with Crippen LogP contribution in [0.25, 0.3) is 33.1 Å². The molecule has 1 fully saturated rings. The fourth-order valence-electron chi connectivity index (χ4n) is 7.43. The van der Waals surface area contributed by atoms with Crippen LogP contribution < -0.4 is 27.2 Å². The largest absolute Gasteiger partial charge is 0.444 e. The van der Waals surface area contributed by atoms with Crippen molar-refractivity contribution in [2.45, 2.75) is 111 Å². The second kappa shape index (κ2) is 17.0. The number of imidazole rings is 1. The van der Waals surface area contributed by atoms with Crippen LogP contribution in [0, 0.1) is 11.8 Å². The summed E-state index contributed by atoms with van der Waals surface area (Å²) < 4.78 is 13.7. The van der Waals surface area contributed by atoms with Crippen molar-refractivity contribution in [2.75, 3.05) is 11.9 Å². The number of benzene rings is 3. The average Bonchev–Trinajstić information content (AvgIpc) is 3.68. The summed E-state index contributed by atoms with van der Waals surface area (Å²) in [5, 5.41) is 9.16. The topological polar surface area (TPSA) is 198 Å². The highest BCUT2D eigenvalue weighted by molar-refractivity contribution is 5.99. The molecule has 2 heterocycles. The summed E-state index contributed by atoms with van der Waals surface area (Å²) >= 11 is 0. The summed E-state index contributed by atoms with van der Waals surface area (Å²) in [5.74, 6) is -0.733. The fourth-order valence-corrected chi connectivity index (χ4v) is 7.43. The summed E-state index contributed by atoms with van der Waals surface area (Å²) in [6, 6.07) is 16.7. The Labute approximate surface area is 342 Å². The van der Waals surface area contributed by atoms with Crippen LogP contribution in [0.4, 0.5) is 15.3 Å². The molecule has 0 bridgehead atoms. The standard InChI is InChI=1S/C44H55N7O8/c1-25(2)50-39(54)32-19-17-30(22-36(32)51(50)42(57)59-44(6,7)8)28-13-9-26(10-14-28)21-35(38(53)46-31-18-20-33-34(23-31)49-40(55)48-33)47-37(52)29-15-11-27(12-16-29)24-45-41(56)58-43(3,4)5/h9-10,13-14,17-20,22-23,25,27,29,35H,11-12,15-16,21,24H2,1-8H3,(H,45,56)(H,46,53)(H,47,52)(H2,48,49,55). The molecule has 3 amide bonds. The number of carbonyl (C=O) groups is 4. The van der Waals surface area contributed by atoms with E-state index in [0.29, 0.717) is 47.0 Å². The summed E-state index contributed by atoms with van der Waals surface area (Å²) in [5.41, 5.74) is 2.35. The Kier molecular flexibility index (Phi) is 12.2. The van der Waals surface area contributed by atoms with Crippen molar-refractivity contribution in [2.24, 2.45) is 11.8 Å². The van der Waals surface area contributed by atoms with Gasteiger partial charge >= 0.3 is 17.9 Å². The number of hydrogen-bond acceptors (Lipinski definition) is 8. The van der Waals surface area contributed by atoms with Gasteiger partial charge in [0.1, 0.15) is 17.2 Å². The van der Waals surface area contributed by atoms with Crippen molar-refractivity contribution in [3.05, 3.63) is 87.1 Å². The highest BCUT2D eigenvalue weighted by Crippen LogP contribution is 2.30. The third-order valence-electron chi connectivity index (χ3n) is 10.2. The molecule has 6 rings (SSSR count). The number of H-pyrrole nitrogens is 2. The van der Waals surface area contributed by atoms with E-state index in [1.54, 1.807) is 51.1 Å². The van der Waals surface area contributed by atoms with Gasteiger partial charge in [0.2, 0.25) is 11.8 Å². The Balaban J connectivity index is 1.20. The number of hydrogen-bond donors (Lipinski definition) is 5. The minimum atomic E-state index is -0.934. The van der Waals surface area contributed by atoms with Crippen LogP contribution in [0.5, 0.6) is 0 Å². The lowest BCUT2D eigenvalue weighted by atomic mass is 9.81. The number of ether oxygens (including phenoxy) is 2. The highest BCUT2D eigenvalue weighted by Gasteiger charge is 2.31. The monoisotopic (exact) mass is 809 g/mol. The van der Waals surface area contributed by atoms with E-state index in [9.17, 15) is 28.8 Å². The Morgan fingerprint density at radius 1 is 0.797 bits per heavy atom. The van der Waals surface area contributed by atoms with E-state index in [2.05, 4.69) is 25.9 Å². The minimum absolute atomic E-state index is 0.185. The van der Waals surface area contributed by atoms with Gasteiger partial charge in [0.05, 0.1) is 21.9 Å². The molecule has 314 valence electrons. The predicted octanol–water partition coefficient (Wildman–Crippen LogP) is 7.00. The highest BCUT2D eigenvalue weighted by atomic mass is 16.6. The second-order valence-electron chi connectivity index (χ2n) is 17.7. The maximum Gasteiger partial charge on any atom is 0.434 e. The molecule has 1 unspecified atom stereocenters. The number of nitrogens with one attached hydrogen (secondary N) is 5. The molecule has 5 aromatic rings. The van der Waals surface area contributed by atoms with Gasteiger partial charge in [-0.3, -0.25) is 14.4 Å². The van der Waals surface area contributed by atoms with E-state index in [0.717, 1.165) is 29.5 Å². The molecule has 59 heavy (non-hydrogen) atoms. The van der Waals surface area contributed by atoms with E-state index >= 15 is 0 Å². The van der Waals surface area contributed by atoms with Crippen LogP contribution in [0.1, 0.15) is 92.7 Å². The molecule has 0 aliphatic heterocycles. The van der Waals surface area contributed by atoms with E-state index < -0.39 is 35.3 Å². The van der Waals surface area contributed by atoms with Gasteiger partial charge < -0.3 is 35.4 Å². The predicted molar refractivity (Wildman–Crippen MR) is 227 cm³/mol. The molecule has 1 aliphatic rings. The lowest BCUT2D eigenvalue weighted by Gasteiger charge is -2.29. The van der Waals surface area contributed by atoms with E-state index in [1.807, 2.05) is 65.0 Å². The van der Waals surface area contributed by atoms with Crippen LogP contribution in [0.15, 0.2) is 70.3 Å². The summed E-state index contributed by atoms with van der Waals surface area (Å²) in [7, 11) is 0. The quantitative estimate of drug-likeness (QED) is 0.0993. The van der Waals surface area contributed by atoms with Crippen LogP contribution >= 0.6 is 0 Å². The van der Waals surface area contributed by atoms with Gasteiger partial charge in [0, 0.05) is 30.6 Å². The SMILES string of the molecule is CC(C)n1c(=O)c2ccc(-c3ccc(CC(NC(=O)C4CCC(CNC(=O)OC(C)(C)C)CC4)C(=O)Nc4ccc5[nH]c(=O)[nH]c5c4)cc3)cc2n1C(=O)OC(C)(C)C. The number of carbonyl (C=O) groups excluding carboxylic acids is 4. The van der Waals surface area contributed by atoms with Crippen molar-refractivity contribution in [1.82, 2.24) is 30.0 Å². The third-order valence-corrected chi connectivity index (χ3v) is 10.2. The van der Waals surface area contributed by atoms with Crippen LogP contribution in [0.3, 0.4) is 0 Å². The molecule has 2 aromatic heterocycles. The number of aromatic nitrogens is 4. The van der Waals surface area contributed by atoms with Crippen molar-refractivity contribution in [3.8, 4) is 11.1 Å². The number of anilines is 1. The molecule has 1 saturated carbocycles. The Morgan fingerprint density at radius 2 is 1.44 bits per heavy atom. The molecular formula is C44H55N7O8. The van der Waals surface area contributed by atoms with Gasteiger partial charge in [-0.15, -0.1) is 0 Å². The second-order valence-corrected chi connectivity index (χ2v) is 17.7. The number of amides is 3. The molecule has 0 radical (unpaired) electrons. The van der Waals surface area contributed by atoms with Crippen molar-refractivity contribution < 1.29 is 28.7 Å². The number of fused-ring (bicyclic) bond motifs is 2. The van der Waals surface area contributed by atoms with Crippen LogP contribution in [-0.2, 0) is 25.5 Å². The lowest BCUT2D eigenvalue weighted by molar-refractivity contribution is -0.130. The summed E-state index contributed by atoms with van der Waals surface area (Å²) in [6.45, 7) is 14.9. The Bertz CT molecular complexity index is 2470. The van der Waals surface area contributed by atoms with Gasteiger partial charge in [0.15, 0.2) is 0 Å². The normalized spacial score (nSPS) is 16.5. The third kappa shape index (κ3) is 10.5. The van der Waals surface area contributed by atoms with Gasteiger partial charge in [0.25, 0.3) is 5.56 Å². The first-order valence-electron chi connectivity index (χ1n) is 20.1. The van der Waals surface area contributed by atoms with Gasteiger partial charge in [-0.05, 0) is 134 Å². The molecule has 1 aliphatic carbocycles. The molecule has 5 N–H and O–H groups in total. The maximum absolute atomic E-state index is 13.9. The van der Waals surface area contributed by atoms with Crippen molar-refractivity contribution in [3.63, 3.8) is 0 Å². The van der Waals surface area contributed by atoms with Gasteiger partial charge in [-0.1, -0.05) is 30.3 Å². The molecule has 15 heteroatoms. The molecule has 0 saturated heterocycles.